The molecule has 1 fully saturated rings. The summed E-state index contributed by atoms with van der Waals surface area (Å²) >= 11 is 0. The van der Waals surface area contributed by atoms with Gasteiger partial charge in [-0.25, -0.2) is 0 Å². The number of rotatable bonds is 23. The summed E-state index contributed by atoms with van der Waals surface area (Å²) in [5, 5.41) is 13.5. The normalized spacial score (nSPS) is 14.3. The van der Waals surface area contributed by atoms with E-state index in [9.17, 15) is 28.8 Å². The van der Waals surface area contributed by atoms with Gasteiger partial charge in [-0.1, -0.05) is 54.6 Å². The molecule has 4 aromatic carbocycles. The molecule has 15 heteroatoms. The fourth-order valence-electron chi connectivity index (χ4n) is 6.75. The Morgan fingerprint density at radius 1 is 0.833 bits per heavy atom. The Hall–Kier alpha value is -6.00. The quantitative estimate of drug-likeness (QED) is 0.0455. The Balaban J connectivity index is 0.887. The van der Waals surface area contributed by atoms with E-state index in [-0.39, 0.29) is 60.8 Å². The molecule has 4 N–H and O–H groups in total. The first-order valence-corrected chi connectivity index (χ1v) is 20.0. The fourth-order valence-corrected chi connectivity index (χ4v) is 6.75. The third-order valence-electron chi connectivity index (χ3n) is 10.0. The zero-order chi connectivity index (χ0) is 42.9. The van der Waals surface area contributed by atoms with E-state index in [1.165, 1.54) is 18.0 Å². The molecule has 1 saturated heterocycles. The standard InChI is InChI=1S/C45H53N5O10/c1-30-14-15-33(28-37(30)43(54)47-31(2)34-11-6-9-32-8-4-5-10-35(32)34)48-42(53)18-20-57-22-24-59-26-27-60-25-23-58-21-19-46-39-13-7-12-36(38(39)29-51)45(56)50(3)40-16-17-41(52)49-44(40)55/h4-15,28-29,31,40,46H,16-27H2,1-3H3,(H,47,54)(H,48,53)(H,49,52,55). The molecule has 1 aliphatic heterocycles. The molecule has 318 valence electrons. The Kier molecular flexibility index (Phi) is 17.3. The zero-order valence-electron chi connectivity index (χ0n) is 34.3. The molecule has 5 rings (SSSR count). The van der Waals surface area contributed by atoms with Gasteiger partial charge in [0.05, 0.1) is 76.4 Å². The number of benzene rings is 4. The van der Waals surface area contributed by atoms with Crippen LogP contribution in [0.25, 0.3) is 10.8 Å². The van der Waals surface area contributed by atoms with Gasteiger partial charge >= 0.3 is 0 Å². The average Bonchev–Trinajstić information content (AvgIpc) is 3.24. The molecule has 2 unspecified atom stereocenters. The Morgan fingerprint density at radius 3 is 2.22 bits per heavy atom. The highest BCUT2D eigenvalue weighted by Gasteiger charge is 2.33. The highest BCUT2D eigenvalue weighted by atomic mass is 16.6. The van der Waals surface area contributed by atoms with Crippen LogP contribution in [0.3, 0.4) is 0 Å². The molecular formula is C45H53N5O10. The van der Waals surface area contributed by atoms with Crippen molar-refractivity contribution in [2.24, 2.45) is 0 Å². The van der Waals surface area contributed by atoms with Gasteiger partial charge in [0.25, 0.3) is 11.8 Å². The molecule has 0 aromatic heterocycles. The van der Waals surface area contributed by atoms with Gasteiger partial charge < -0.3 is 39.8 Å². The Bertz CT molecular complexity index is 2140. The Labute approximate surface area is 349 Å². The van der Waals surface area contributed by atoms with Crippen LogP contribution < -0.4 is 21.3 Å². The number of fused-ring (bicyclic) bond motifs is 1. The molecule has 4 aromatic rings. The van der Waals surface area contributed by atoms with Crippen molar-refractivity contribution in [2.45, 2.75) is 45.2 Å². The summed E-state index contributed by atoms with van der Waals surface area (Å²) in [6, 6.07) is 23.2. The van der Waals surface area contributed by atoms with Crippen molar-refractivity contribution in [3.8, 4) is 0 Å². The minimum atomic E-state index is -0.803. The van der Waals surface area contributed by atoms with Gasteiger partial charge in [0.1, 0.15) is 6.04 Å². The number of imide groups is 1. The number of piperidine rings is 1. The summed E-state index contributed by atoms with van der Waals surface area (Å²) in [4.78, 5) is 76.0. The molecule has 0 saturated carbocycles. The first kappa shape index (κ1) is 45.1. The van der Waals surface area contributed by atoms with Crippen LogP contribution in [0.15, 0.2) is 78.9 Å². The number of amides is 5. The van der Waals surface area contributed by atoms with Crippen molar-refractivity contribution >= 4 is 58.0 Å². The molecule has 0 spiro atoms. The van der Waals surface area contributed by atoms with Crippen molar-refractivity contribution in [3.05, 3.63) is 107 Å². The molecular weight excluding hydrogens is 771 g/mol. The van der Waals surface area contributed by atoms with Gasteiger partial charge in [-0.2, -0.15) is 0 Å². The van der Waals surface area contributed by atoms with E-state index in [4.69, 9.17) is 18.9 Å². The average molecular weight is 824 g/mol. The number of aldehydes is 1. The number of nitrogens with zero attached hydrogens (tertiary/aromatic N) is 1. The van der Waals surface area contributed by atoms with Gasteiger partial charge in [0, 0.05) is 37.0 Å². The first-order chi connectivity index (χ1) is 29.1. The summed E-state index contributed by atoms with van der Waals surface area (Å²) in [6.07, 6.45) is 1.08. The largest absolute Gasteiger partial charge is 0.382 e. The number of carbonyl (C=O) groups is 6. The van der Waals surface area contributed by atoms with Crippen LogP contribution in [-0.2, 0) is 33.3 Å². The summed E-state index contributed by atoms with van der Waals surface area (Å²) < 4.78 is 22.2. The van der Waals surface area contributed by atoms with E-state index in [2.05, 4.69) is 21.3 Å². The molecule has 0 radical (unpaired) electrons. The molecule has 1 heterocycles. The lowest BCUT2D eigenvalue weighted by molar-refractivity contribution is -0.136. The SMILES string of the molecule is Cc1ccc(NC(=O)CCOCCOCCOCCOCCNc2cccc(C(=O)N(C)C3CCC(=O)NC3=O)c2C=O)cc1C(=O)NC(C)c1cccc2ccccc12. The van der Waals surface area contributed by atoms with Crippen molar-refractivity contribution in [1.29, 1.82) is 0 Å². The number of ether oxygens (including phenoxy) is 4. The van der Waals surface area contributed by atoms with Crippen molar-refractivity contribution in [1.82, 2.24) is 15.5 Å². The molecule has 60 heavy (non-hydrogen) atoms. The van der Waals surface area contributed by atoms with E-state index in [0.717, 1.165) is 21.9 Å². The first-order valence-electron chi connectivity index (χ1n) is 20.0. The monoisotopic (exact) mass is 823 g/mol. The van der Waals surface area contributed by atoms with Crippen LogP contribution in [0, 0.1) is 6.92 Å². The maximum atomic E-state index is 13.3. The lowest BCUT2D eigenvalue weighted by Crippen LogP contribution is -2.53. The second-order valence-electron chi connectivity index (χ2n) is 14.2. The summed E-state index contributed by atoms with van der Waals surface area (Å²) in [7, 11) is 1.47. The number of nitrogens with one attached hydrogen (secondary N) is 4. The van der Waals surface area contributed by atoms with Crippen LogP contribution in [-0.4, -0.2) is 113 Å². The molecule has 2 atom stereocenters. The van der Waals surface area contributed by atoms with Crippen LogP contribution in [0.1, 0.15) is 74.4 Å². The maximum Gasteiger partial charge on any atom is 0.255 e. The van der Waals surface area contributed by atoms with Gasteiger partial charge in [0.2, 0.25) is 17.7 Å². The summed E-state index contributed by atoms with van der Waals surface area (Å²) in [5.41, 5.74) is 3.62. The van der Waals surface area contributed by atoms with Gasteiger partial charge in [-0.15, -0.1) is 0 Å². The van der Waals surface area contributed by atoms with Crippen LogP contribution in [0.4, 0.5) is 11.4 Å². The smallest absolute Gasteiger partial charge is 0.255 e. The number of likely N-dealkylation sites (N-methyl/N-ethyl adjacent to an activating group) is 1. The van der Waals surface area contributed by atoms with Gasteiger partial charge in [-0.05, 0) is 66.4 Å². The minimum Gasteiger partial charge on any atom is -0.382 e. The highest BCUT2D eigenvalue weighted by Crippen LogP contribution is 2.26. The van der Waals surface area contributed by atoms with Crippen LogP contribution in [0.5, 0.6) is 0 Å². The molecule has 1 aliphatic rings. The number of anilines is 2. The summed E-state index contributed by atoms with van der Waals surface area (Å²) in [6.45, 7) is 6.77. The van der Waals surface area contributed by atoms with Gasteiger partial charge in [-0.3, -0.25) is 34.1 Å². The topological polar surface area (TPSA) is 191 Å². The molecule has 0 aliphatic carbocycles. The van der Waals surface area contributed by atoms with Crippen molar-refractivity contribution in [2.75, 3.05) is 77.1 Å². The lowest BCUT2D eigenvalue weighted by Gasteiger charge is -2.30. The Morgan fingerprint density at radius 2 is 1.50 bits per heavy atom. The van der Waals surface area contributed by atoms with Crippen LogP contribution >= 0.6 is 0 Å². The van der Waals surface area contributed by atoms with Crippen molar-refractivity contribution < 1.29 is 47.7 Å². The van der Waals surface area contributed by atoms with E-state index in [1.807, 2.05) is 62.4 Å². The molecule has 0 bridgehead atoms. The fraction of sp³-hybridized carbons (Fsp3) is 0.378. The van der Waals surface area contributed by atoms with Crippen LogP contribution in [0.2, 0.25) is 0 Å². The predicted octanol–water partition coefficient (Wildman–Crippen LogP) is 4.84. The maximum absolute atomic E-state index is 13.3. The third-order valence-corrected chi connectivity index (χ3v) is 10.0. The molecule has 5 amide bonds. The lowest BCUT2D eigenvalue weighted by atomic mass is 9.99. The van der Waals surface area contributed by atoms with E-state index in [1.54, 1.807) is 24.3 Å². The van der Waals surface area contributed by atoms with E-state index >= 15 is 0 Å². The highest BCUT2D eigenvalue weighted by molar-refractivity contribution is 6.07. The zero-order valence-corrected chi connectivity index (χ0v) is 34.3. The second-order valence-corrected chi connectivity index (χ2v) is 14.2. The van der Waals surface area contributed by atoms with Gasteiger partial charge in [0.15, 0.2) is 6.29 Å². The van der Waals surface area contributed by atoms with E-state index in [0.29, 0.717) is 76.0 Å². The minimum absolute atomic E-state index is 0.132. The van der Waals surface area contributed by atoms with Crippen molar-refractivity contribution in [3.63, 3.8) is 0 Å². The molecule has 15 nitrogen and oxygen atoms in total. The summed E-state index contributed by atoms with van der Waals surface area (Å²) in [5.74, 6) is -1.87. The number of hydrogen-bond donors (Lipinski definition) is 4. The predicted molar refractivity (Wildman–Crippen MR) is 226 cm³/mol. The number of hydrogen-bond acceptors (Lipinski definition) is 11. The number of aryl methyl sites for hydroxylation is 1. The number of carbonyl (C=O) groups excluding carboxylic acids is 6. The van der Waals surface area contributed by atoms with E-state index < -0.39 is 17.9 Å². The third kappa shape index (κ3) is 12.7. The second kappa shape index (κ2) is 23.0.